The molecule has 0 bridgehead atoms. The Morgan fingerprint density at radius 1 is 1.40 bits per heavy atom. The topological polar surface area (TPSA) is 59.9 Å². The fourth-order valence-electron chi connectivity index (χ4n) is 1.80. The van der Waals surface area contributed by atoms with Crippen molar-refractivity contribution < 1.29 is 8.42 Å². The predicted molar refractivity (Wildman–Crippen MR) is 60.1 cm³/mol. The summed E-state index contributed by atoms with van der Waals surface area (Å²) in [5.74, 6) is 0.270. The van der Waals surface area contributed by atoms with Crippen molar-refractivity contribution in [1.82, 2.24) is 10.2 Å². The summed E-state index contributed by atoms with van der Waals surface area (Å²) in [6.07, 6.45) is 3.92. The highest BCUT2D eigenvalue weighted by atomic mass is 79.9. The van der Waals surface area contributed by atoms with E-state index in [-0.39, 0.29) is 5.75 Å². The van der Waals surface area contributed by atoms with Crippen molar-refractivity contribution in [2.45, 2.75) is 24.5 Å². The number of rotatable bonds is 1. The minimum atomic E-state index is -3.02. The molecule has 1 aromatic heterocycles. The Hall–Kier alpha value is -0.490. The van der Waals surface area contributed by atoms with Gasteiger partial charge in [-0.15, -0.1) is 0 Å². The highest BCUT2D eigenvalue weighted by molar-refractivity contribution is 9.10. The van der Waals surface area contributed by atoms with Gasteiger partial charge in [-0.3, -0.25) is 0 Å². The Morgan fingerprint density at radius 2 is 2.20 bits per heavy atom. The number of hydrogen-bond acceptors (Lipinski definition) is 4. The third-order valence-electron chi connectivity index (χ3n) is 2.55. The van der Waals surface area contributed by atoms with Crippen LogP contribution >= 0.6 is 15.9 Å². The molecule has 6 heteroatoms. The second kappa shape index (κ2) is 4.17. The number of halogens is 1. The Labute approximate surface area is 97.2 Å². The Balaban J connectivity index is 2.37. The van der Waals surface area contributed by atoms with E-state index in [0.29, 0.717) is 12.1 Å². The van der Waals surface area contributed by atoms with Gasteiger partial charge in [0.2, 0.25) is 0 Å². The average Bonchev–Trinajstić information content (AvgIpc) is 2.17. The van der Waals surface area contributed by atoms with Crippen LogP contribution in [0.15, 0.2) is 16.7 Å². The SMILES string of the molecule is O=S1(=O)CCCCC1c1cc(Br)cnn1. The lowest BCUT2D eigenvalue weighted by Gasteiger charge is -2.21. The summed E-state index contributed by atoms with van der Waals surface area (Å²) >= 11 is 3.27. The molecule has 1 aliphatic heterocycles. The number of nitrogens with zero attached hydrogens (tertiary/aromatic N) is 2. The van der Waals surface area contributed by atoms with Crippen LogP contribution in [0.5, 0.6) is 0 Å². The van der Waals surface area contributed by atoms with Crippen molar-refractivity contribution in [2.75, 3.05) is 5.75 Å². The molecule has 2 heterocycles. The molecule has 0 aromatic carbocycles. The highest BCUT2D eigenvalue weighted by Crippen LogP contribution is 2.32. The maximum atomic E-state index is 11.8. The largest absolute Gasteiger partial charge is 0.228 e. The molecule has 0 amide bonds. The lowest BCUT2D eigenvalue weighted by Crippen LogP contribution is -2.22. The molecule has 0 N–H and O–H groups in total. The second-order valence-corrected chi connectivity index (χ2v) is 6.87. The van der Waals surface area contributed by atoms with Gasteiger partial charge in [-0.05, 0) is 34.8 Å². The highest BCUT2D eigenvalue weighted by Gasteiger charge is 2.31. The van der Waals surface area contributed by atoms with E-state index in [1.165, 1.54) is 0 Å². The quantitative estimate of drug-likeness (QED) is 0.792. The van der Waals surface area contributed by atoms with Crippen LogP contribution < -0.4 is 0 Å². The minimum Gasteiger partial charge on any atom is -0.228 e. The standard InChI is InChI=1S/C9H11BrN2O2S/c10-7-5-8(12-11-6-7)9-3-1-2-4-15(9,13)14/h5-6,9H,1-4H2. The van der Waals surface area contributed by atoms with Crippen LogP contribution in [-0.2, 0) is 9.84 Å². The molecule has 0 spiro atoms. The van der Waals surface area contributed by atoms with Crippen LogP contribution in [0.25, 0.3) is 0 Å². The van der Waals surface area contributed by atoms with E-state index in [2.05, 4.69) is 26.1 Å². The van der Waals surface area contributed by atoms with E-state index < -0.39 is 15.1 Å². The van der Waals surface area contributed by atoms with Crippen molar-refractivity contribution in [3.05, 3.63) is 22.4 Å². The first-order valence-corrected chi connectivity index (χ1v) is 7.30. The van der Waals surface area contributed by atoms with E-state index in [0.717, 1.165) is 17.3 Å². The molecule has 82 valence electrons. The van der Waals surface area contributed by atoms with Gasteiger partial charge in [0.25, 0.3) is 0 Å². The molecule has 0 radical (unpaired) electrons. The normalized spacial score (nSPS) is 25.0. The van der Waals surface area contributed by atoms with Gasteiger partial charge < -0.3 is 0 Å². The minimum absolute atomic E-state index is 0.270. The fourth-order valence-corrected chi connectivity index (χ4v) is 4.03. The van der Waals surface area contributed by atoms with Gasteiger partial charge in [0.15, 0.2) is 9.84 Å². The van der Waals surface area contributed by atoms with Crippen LogP contribution in [0.4, 0.5) is 0 Å². The fraction of sp³-hybridized carbons (Fsp3) is 0.556. The van der Waals surface area contributed by atoms with Gasteiger partial charge in [-0.25, -0.2) is 8.42 Å². The third kappa shape index (κ3) is 2.36. The van der Waals surface area contributed by atoms with Crippen molar-refractivity contribution in [2.24, 2.45) is 0 Å². The molecular weight excluding hydrogens is 280 g/mol. The number of hydrogen-bond donors (Lipinski definition) is 0. The Morgan fingerprint density at radius 3 is 2.87 bits per heavy atom. The maximum absolute atomic E-state index is 11.8. The zero-order chi connectivity index (χ0) is 10.9. The Bertz CT molecular complexity index is 461. The maximum Gasteiger partial charge on any atom is 0.158 e. The molecule has 1 fully saturated rings. The first-order valence-electron chi connectivity index (χ1n) is 4.79. The molecule has 1 atom stereocenters. The first-order chi connectivity index (χ1) is 7.09. The van der Waals surface area contributed by atoms with Crippen molar-refractivity contribution >= 4 is 25.8 Å². The summed E-state index contributed by atoms with van der Waals surface area (Å²) in [7, 11) is -3.02. The van der Waals surface area contributed by atoms with Gasteiger partial charge in [-0.2, -0.15) is 10.2 Å². The predicted octanol–water partition coefficient (Wildman–Crippen LogP) is 1.88. The molecule has 15 heavy (non-hydrogen) atoms. The molecule has 0 aliphatic carbocycles. The molecular formula is C9H11BrN2O2S. The lowest BCUT2D eigenvalue weighted by atomic mass is 10.1. The summed E-state index contributed by atoms with van der Waals surface area (Å²) in [4.78, 5) is 0. The molecule has 0 saturated carbocycles. The van der Waals surface area contributed by atoms with Crippen LogP contribution in [0.2, 0.25) is 0 Å². The van der Waals surface area contributed by atoms with E-state index in [9.17, 15) is 8.42 Å². The summed E-state index contributed by atoms with van der Waals surface area (Å²) in [6.45, 7) is 0. The van der Waals surface area contributed by atoms with Crippen LogP contribution in [0.3, 0.4) is 0 Å². The van der Waals surface area contributed by atoms with Gasteiger partial charge in [0.1, 0.15) is 5.25 Å². The second-order valence-electron chi connectivity index (χ2n) is 3.65. The summed E-state index contributed by atoms with van der Waals surface area (Å²) in [5.41, 5.74) is 0.559. The average molecular weight is 291 g/mol. The molecule has 1 aromatic rings. The van der Waals surface area contributed by atoms with E-state index in [4.69, 9.17) is 0 Å². The number of aromatic nitrogens is 2. The van der Waals surface area contributed by atoms with Crippen LogP contribution in [-0.4, -0.2) is 24.4 Å². The zero-order valence-corrected chi connectivity index (χ0v) is 10.5. The van der Waals surface area contributed by atoms with Gasteiger partial charge >= 0.3 is 0 Å². The number of sulfone groups is 1. The van der Waals surface area contributed by atoms with Crippen molar-refractivity contribution in [3.63, 3.8) is 0 Å². The van der Waals surface area contributed by atoms with Crippen molar-refractivity contribution in [1.29, 1.82) is 0 Å². The summed E-state index contributed by atoms with van der Waals surface area (Å²) < 4.78 is 24.4. The van der Waals surface area contributed by atoms with Gasteiger partial charge in [0, 0.05) is 4.47 Å². The molecule has 1 saturated heterocycles. The van der Waals surface area contributed by atoms with E-state index in [1.807, 2.05) is 0 Å². The monoisotopic (exact) mass is 290 g/mol. The third-order valence-corrected chi connectivity index (χ3v) is 5.18. The lowest BCUT2D eigenvalue weighted by molar-refractivity contribution is 0.541. The molecule has 2 rings (SSSR count). The summed E-state index contributed by atoms with van der Waals surface area (Å²) in [6, 6.07) is 1.74. The Kier molecular flexibility index (Phi) is 3.06. The molecule has 1 unspecified atom stereocenters. The smallest absolute Gasteiger partial charge is 0.158 e. The molecule has 1 aliphatic rings. The van der Waals surface area contributed by atoms with Crippen LogP contribution in [0, 0.1) is 0 Å². The summed E-state index contributed by atoms with van der Waals surface area (Å²) in [5, 5.41) is 7.20. The first kappa shape index (κ1) is 11.0. The van der Waals surface area contributed by atoms with E-state index >= 15 is 0 Å². The van der Waals surface area contributed by atoms with Gasteiger partial charge in [0.05, 0.1) is 17.6 Å². The van der Waals surface area contributed by atoms with Gasteiger partial charge in [-0.1, -0.05) is 6.42 Å². The van der Waals surface area contributed by atoms with Crippen LogP contribution in [0.1, 0.15) is 30.2 Å². The molecule has 4 nitrogen and oxygen atoms in total. The zero-order valence-electron chi connectivity index (χ0n) is 8.06. The van der Waals surface area contributed by atoms with E-state index in [1.54, 1.807) is 12.3 Å². The van der Waals surface area contributed by atoms with Crippen molar-refractivity contribution in [3.8, 4) is 0 Å².